The van der Waals surface area contributed by atoms with Crippen molar-refractivity contribution in [3.05, 3.63) is 47.5 Å². The van der Waals surface area contributed by atoms with Gasteiger partial charge in [-0.1, -0.05) is 55.3 Å². The Balaban J connectivity index is 2.35. The predicted molar refractivity (Wildman–Crippen MR) is 68.0 cm³/mol. The predicted octanol–water partition coefficient (Wildman–Crippen LogP) is 4.76. The van der Waals surface area contributed by atoms with Gasteiger partial charge in [0.2, 0.25) is 0 Å². The summed E-state index contributed by atoms with van der Waals surface area (Å²) in [7, 11) is 0. The molecule has 0 amide bonds. The van der Waals surface area contributed by atoms with Gasteiger partial charge < -0.3 is 0 Å². The summed E-state index contributed by atoms with van der Waals surface area (Å²) in [5.41, 5.74) is 3.06. The van der Waals surface area contributed by atoms with Crippen LogP contribution in [0, 0.1) is 0 Å². The molecule has 0 saturated heterocycles. The van der Waals surface area contributed by atoms with Crippen molar-refractivity contribution in [2.45, 2.75) is 46.0 Å². The quantitative estimate of drug-likeness (QED) is 0.584. The zero-order valence-corrected chi connectivity index (χ0v) is 10.00. The van der Waals surface area contributed by atoms with E-state index in [2.05, 4.69) is 50.3 Å². The van der Waals surface area contributed by atoms with Crippen LogP contribution in [0.4, 0.5) is 0 Å². The Labute approximate surface area is 94.0 Å². The van der Waals surface area contributed by atoms with Gasteiger partial charge in [-0.15, -0.1) is 0 Å². The summed E-state index contributed by atoms with van der Waals surface area (Å²) < 4.78 is 0. The lowest BCUT2D eigenvalue weighted by atomic mass is 10.0. The Morgan fingerprint density at radius 1 is 1.13 bits per heavy atom. The molecule has 0 atom stereocenters. The third kappa shape index (κ3) is 4.83. The Kier molecular flexibility index (Phi) is 5.84. The molecule has 0 heteroatoms. The highest BCUT2D eigenvalue weighted by Gasteiger charge is 1.97. The van der Waals surface area contributed by atoms with E-state index in [1.165, 1.54) is 37.7 Å². The topological polar surface area (TPSA) is 0 Å². The molecule has 0 radical (unpaired) electrons. The molecule has 0 fully saturated rings. The van der Waals surface area contributed by atoms with Crippen molar-refractivity contribution >= 4 is 0 Å². The molecule has 0 spiro atoms. The lowest BCUT2D eigenvalue weighted by Crippen LogP contribution is -1.89. The molecule has 0 saturated carbocycles. The van der Waals surface area contributed by atoms with Crippen LogP contribution in [0.2, 0.25) is 0 Å². The first kappa shape index (κ1) is 12.0. The smallest absolute Gasteiger partial charge is 0.0241 e. The van der Waals surface area contributed by atoms with Gasteiger partial charge in [0.1, 0.15) is 0 Å². The molecule has 1 aromatic carbocycles. The van der Waals surface area contributed by atoms with Crippen LogP contribution < -0.4 is 0 Å². The van der Waals surface area contributed by atoms with E-state index in [1.807, 2.05) is 0 Å². The third-order valence-corrected chi connectivity index (χ3v) is 2.84. The number of hydrogen-bond donors (Lipinski definition) is 0. The Hall–Kier alpha value is -1.04. The van der Waals surface area contributed by atoms with Crippen molar-refractivity contribution in [1.82, 2.24) is 0 Å². The van der Waals surface area contributed by atoms with Gasteiger partial charge in [0.25, 0.3) is 0 Å². The molecule has 0 unspecified atom stereocenters. The highest BCUT2D eigenvalue weighted by Crippen LogP contribution is 2.14. The van der Waals surface area contributed by atoms with Gasteiger partial charge in [-0.3, -0.25) is 0 Å². The van der Waals surface area contributed by atoms with Crippen molar-refractivity contribution < 1.29 is 0 Å². The summed E-state index contributed by atoms with van der Waals surface area (Å²) in [6.07, 6.45) is 8.60. The van der Waals surface area contributed by atoms with E-state index in [0.717, 1.165) is 0 Å². The number of allylic oxidation sites excluding steroid dienone is 2. The second-order valence-corrected chi connectivity index (χ2v) is 4.04. The molecular formula is C15H22. The summed E-state index contributed by atoms with van der Waals surface area (Å²) in [5, 5.41) is 0. The van der Waals surface area contributed by atoms with Crippen molar-refractivity contribution in [2.75, 3.05) is 0 Å². The maximum atomic E-state index is 2.29. The molecule has 0 aliphatic rings. The van der Waals surface area contributed by atoms with Crippen LogP contribution in [0.3, 0.4) is 0 Å². The van der Waals surface area contributed by atoms with Crippen LogP contribution in [0.1, 0.15) is 45.1 Å². The van der Waals surface area contributed by atoms with Crippen molar-refractivity contribution in [2.24, 2.45) is 0 Å². The first-order chi connectivity index (χ1) is 7.36. The average Bonchev–Trinajstić information content (AvgIpc) is 2.31. The van der Waals surface area contributed by atoms with Crippen LogP contribution in [0.15, 0.2) is 42.0 Å². The van der Waals surface area contributed by atoms with E-state index in [-0.39, 0.29) is 0 Å². The fourth-order valence-corrected chi connectivity index (χ4v) is 1.77. The minimum atomic E-state index is 1.18. The fourth-order valence-electron chi connectivity index (χ4n) is 1.77. The normalized spacial score (nSPS) is 11.7. The molecule has 0 aliphatic heterocycles. The fraction of sp³-hybridized carbons (Fsp3) is 0.467. The zero-order valence-electron chi connectivity index (χ0n) is 10.00. The van der Waals surface area contributed by atoms with Gasteiger partial charge in [-0.2, -0.15) is 0 Å². The average molecular weight is 202 g/mol. The van der Waals surface area contributed by atoms with E-state index < -0.39 is 0 Å². The van der Waals surface area contributed by atoms with Gasteiger partial charge in [-0.25, -0.2) is 0 Å². The number of aryl methyl sites for hydroxylation is 1. The number of unbranched alkanes of at least 4 members (excludes halogenated alkanes) is 1. The molecule has 0 N–H and O–H groups in total. The molecule has 0 nitrogen and oxygen atoms in total. The van der Waals surface area contributed by atoms with Crippen molar-refractivity contribution in [3.8, 4) is 0 Å². The Morgan fingerprint density at radius 2 is 1.87 bits per heavy atom. The summed E-state index contributed by atoms with van der Waals surface area (Å²) in [4.78, 5) is 0. The van der Waals surface area contributed by atoms with E-state index in [9.17, 15) is 0 Å². The van der Waals surface area contributed by atoms with Crippen LogP contribution in [-0.4, -0.2) is 0 Å². The van der Waals surface area contributed by atoms with Crippen LogP contribution in [-0.2, 0) is 6.42 Å². The number of rotatable bonds is 6. The highest BCUT2D eigenvalue weighted by atomic mass is 14.0. The molecule has 0 aliphatic carbocycles. The van der Waals surface area contributed by atoms with Gasteiger partial charge >= 0.3 is 0 Å². The van der Waals surface area contributed by atoms with Crippen LogP contribution in [0.5, 0.6) is 0 Å². The minimum Gasteiger partial charge on any atom is -0.0884 e. The summed E-state index contributed by atoms with van der Waals surface area (Å²) in [6, 6.07) is 10.8. The molecule has 15 heavy (non-hydrogen) atoms. The van der Waals surface area contributed by atoms with E-state index in [4.69, 9.17) is 0 Å². The third-order valence-electron chi connectivity index (χ3n) is 2.84. The Bertz CT molecular complexity index is 282. The van der Waals surface area contributed by atoms with Gasteiger partial charge in [0, 0.05) is 0 Å². The van der Waals surface area contributed by atoms with Crippen LogP contribution >= 0.6 is 0 Å². The first-order valence-electron chi connectivity index (χ1n) is 6.04. The maximum Gasteiger partial charge on any atom is -0.0241 e. The van der Waals surface area contributed by atoms with Gasteiger partial charge in [-0.05, 0) is 38.2 Å². The van der Waals surface area contributed by atoms with Gasteiger partial charge in [0.05, 0.1) is 0 Å². The van der Waals surface area contributed by atoms with Gasteiger partial charge in [0.15, 0.2) is 0 Å². The molecule has 1 rings (SSSR count). The highest BCUT2D eigenvalue weighted by molar-refractivity contribution is 5.16. The zero-order chi connectivity index (χ0) is 10.9. The summed E-state index contributed by atoms with van der Waals surface area (Å²) in [5.74, 6) is 0. The first-order valence-corrected chi connectivity index (χ1v) is 6.04. The number of hydrogen-bond acceptors (Lipinski definition) is 0. The molecule has 0 bridgehead atoms. The SMILES string of the molecule is CC=C(CCCC)CCc1ccccc1. The lowest BCUT2D eigenvalue weighted by Gasteiger charge is -2.06. The molecule has 1 aromatic rings. The largest absolute Gasteiger partial charge is 0.0884 e. The summed E-state index contributed by atoms with van der Waals surface area (Å²) >= 11 is 0. The minimum absolute atomic E-state index is 1.18. The monoisotopic (exact) mass is 202 g/mol. The van der Waals surface area contributed by atoms with Crippen molar-refractivity contribution in [1.29, 1.82) is 0 Å². The molecule has 82 valence electrons. The molecule has 0 heterocycles. The van der Waals surface area contributed by atoms with Crippen LogP contribution in [0.25, 0.3) is 0 Å². The second-order valence-electron chi connectivity index (χ2n) is 4.04. The van der Waals surface area contributed by atoms with E-state index in [1.54, 1.807) is 5.57 Å². The van der Waals surface area contributed by atoms with E-state index in [0.29, 0.717) is 0 Å². The summed E-state index contributed by atoms with van der Waals surface area (Å²) in [6.45, 7) is 4.42. The maximum absolute atomic E-state index is 2.29. The van der Waals surface area contributed by atoms with Crippen molar-refractivity contribution in [3.63, 3.8) is 0 Å². The van der Waals surface area contributed by atoms with E-state index >= 15 is 0 Å². The molecular weight excluding hydrogens is 180 g/mol. The Morgan fingerprint density at radius 3 is 2.47 bits per heavy atom. The standard InChI is InChI=1S/C15H22/c1-3-5-9-14(4-2)12-13-15-10-7-6-8-11-15/h4,6-8,10-11H,3,5,9,12-13H2,1-2H3. The second kappa shape index (κ2) is 7.28. The molecule has 0 aromatic heterocycles. The number of benzene rings is 1. The lowest BCUT2D eigenvalue weighted by molar-refractivity contribution is 0.748.